The van der Waals surface area contributed by atoms with Gasteiger partial charge < -0.3 is 15.7 Å². The first-order chi connectivity index (χ1) is 24.7. The maximum atomic E-state index is 13.3. The summed E-state index contributed by atoms with van der Waals surface area (Å²) in [5.41, 5.74) is 5.66. The predicted octanol–water partition coefficient (Wildman–Crippen LogP) is 9.86. The number of benzene rings is 6. The van der Waals surface area contributed by atoms with E-state index in [0.717, 1.165) is 22.5 Å². The number of amides is 2. The van der Waals surface area contributed by atoms with Gasteiger partial charge in [-0.25, -0.2) is 8.78 Å². The van der Waals surface area contributed by atoms with E-state index in [1.54, 1.807) is 53.4 Å². The Bertz CT molecular complexity index is 2150. The quantitative estimate of drug-likeness (QED) is 0.109. The fraction of sp³-hybridized carbons (Fsp3) is 0.0732. The summed E-state index contributed by atoms with van der Waals surface area (Å²) in [6.45, 7) is 1.95. The second kappa shape index (κ2) is 15.6. The van der Waals surface area contributed by atoms with Gasteiger partial charge in [-0.15, -0.1) is 0 Å². The number of para-hydroxylation sites is 3. The number of phenols is 1. The Balaban J connectivity index is 0.000000176. The fourth-order valence-electron chi connectivity index (χ4n) is 5.81. The van der Waals surface area contributed by atoms with Gasteiger partial charge in [0.05, 0.1) is 5.56 Å². The van der Waals surface area contributed by atoms with Crippen LogP contribution < -0.4 is 20.4 Å². The van der Waals surface area contributed by atoms with Gasteiger partial charge in [0.15, 0.2) is 0 Å². The first-order valence-electron chi connectivity index (χ1n) is 16.0. The minimum Gasteiger partial charge on any atom is -0.508 e. The fourth-order valence-corrected chi connectivity index (χ4v) is 6.01. The van der Waals surface area contributed by atoms with Crippen LogP contribution in [-0.4, -0.2) is 17.4 Å². The summed E-state index contributed by atoms with van der Waals surface area (Å²) in [7, 11) is 0. The zero-order chi connectivity index (χ0) is 35.9. The Hall–Kier alpha value is -6.19. The normalized spacial score (nSPS) is 13.9. The van der Waals surface area contributed by atoms with Crippen LogP contribution in [0.15, 0.2) is 146 Å². The van der Waals surface area contributed by atoms with Gasteiger partial charge in [0, 0.05) is 33.3 Å². The van der Waals surface area contributed by atoms with E-state index < -0.39 is 12.3 Å². The van der Waals surface area contributed by atoms with Crippen LogP contribution in [0.1, 0.15) is 39.4 Å². The van der Waals surface area contributed by atoms with Crippen molar-refractivity contribution < 1.29 is 23.5 Å². The third-order valence-electron chi connectivity index (χ3n) is 8.38. The highest BCUT2D eigenvalue weighted by atomic mass is 35.5. The molecule has 10 heteroatoms. The van der Waals surface area contributed by atoms with Crippen LogP contribution in [0.2, 0.25) is 5.02 Å². The van der Waals surface area contributed by atoms with E-state index in [9.17, 15) is 23.5 Å². The highest BCUT2D eigenvalue weighted by molar-refractivity contribution is 6.30. The molecule has 6 aromatic carbocycles. The number of nitrogens with zero attached hydrogens (tertiary/aromatic N) is 2. The third kappa shape index (κ3) is 7.84. The number of anilines is 4. The third-order valence-corrected chi connectivity index (χ3v) is 8.62. The number of hydrogen-bond acceptors (Lipinski definition) is 5. The lowest BCUT2D eigenvalue weighted by Gasteiger charge is -2.38. The maximum absolute atomic E-state index is 13.3. The lowest BCUT2D eigenvalue weighted by Crippen LogP contribution is -2.43. The molecule has 0 saturated carbocycles. The predicted molar refractivity (Wildman–Crippen MR) is 198 cm³/mol. The smallest absolute Gasteiger partial charge is 0.262 e. The Morgan fingerprint density at radius 2 is 1.47 bits per heavy atom. The number of aromatic hydroxyl groups is 1. The Kier molecular flexibility index (Phi) is 10.6. The minimum absolute atomic E-state index is 0.0625. The van der Waals surface area contributed by atoms with Crippen molar-refractivity contribution in [2.75, 3.05) is 20.4 Å². The molecule has 51 heavy (non-hydrogen) atoms. The molecule has 1 aliphatic heterocycles. The topological polar surface area (TPSA) is 84.9 Å². The zero-order valence-electron chi connectivity index (χ0n) is 27.4. The molecule has 1 aliphatic rings. The van der Waals surface area contributed by atoms with Crippen molar-refractivity contribution in [3.05, 3.63) is 185 Å². The first kappa shape index (κ1) is 34.7. The van der Waals surface area contributed by atoms with Crippen LogP contribution in [0, 0.1) is 18.6 Å². The van der Waals surface area contributed by atoms with Gasteiger partial charge in [-0.3, -0.25) is 19.4 Å². The van der Waals surface area contributed by atoms with Crippen molar-refractivity contribution in [1.82, 2.24) is 0 Å². The molecule has 2 unspecified atom stereocenters. The largest absolute Gasteiger partial charge is 0.508 e. The van der Waals surface area contributed by atoms with Crippen molar-refractivity contribution in [2.24, 2.45) is 0 Å². The molecule has 0 saturated heterocycles. The Morgan fingerprint density at radius 1 is 0.824 bits per heavy atom. The monoisotopic (exact) mass is 702 g/mol. The number of nitrogens with one attached hydrogen (secondary N) is 2. The summed E-state index contributed by atoms with van der Waals surface area (Å²) in [4.78, 5) is 28.1. The number of rotatable bonds is 8. The van der Waals surface area contributed by atoms with Gasteiger partial charge in [0.1, 0.15) is 29.7 Å². The summed E-state index contributed by atoms with van der Waals surface area (Å²) >= 11 is 6.13. The van der Waals surface area contributed by atoms with E-state index in [1.807, 2.05) is 67.6 Å². The first-order valence-corrected chi connectivity index (χ1v) is 16.4. The Labute approximate surface area is 299 Å². The molecular weight excluding hydrogens is 670 g/mol. The molecule has 0 aromatic heterocycles. The zero-order valence-corrected chi connectivity index (χ0v) is 28.1. The van der Waals surface area contributed by atoms with Gasteiger partial charge in [0.25, 0.3) is 5.91 Å². The lowest BCUT2D eigenvalue weighted by atomic mass is 10.0. The SMILES string of the molecule is Cc1ccccc1NC(c1ccccc1O)N(C=O)c1ccc(F)cc1.O=C1c2ccccc2NC(c2cccc(Cl)c2)N1c1ccc(F)cc1. The molecule has 0 spiro atoms. The molecule has 0 bridgehead atoms. The molecular formula is C41H33ClF2N4O3. The van der Waals surface area contributed by atoms with Crippen LogP contribution >= 0.6 is 11.6 Å². The van der Waals surface area contributed by atoms with Crippen molar-refractivity contribution in [3.8, 4) is 5.75 Å². The van der Waals surface area contributed by atoms with E-state index in [1.165, 1.54) is 41.3 Å². The van der Waals surface area contributed by atoms with Crippen LogP contribution in [0.25, 0.3) is 0 Å². The standard InChI is InChI=1S/C21H19FN2O2.C20H14ClFN2O/c1-15-6-2-4-8-19(15)23-21(18-7-3-5-9-20(18)26)24(14-25)17-12-10-16(22)11-13-17;21-14-5-3-4-13(12-14)19-23-18-7-2-1-6-17(18)20(25)24(19)16-10-8-15(22)9-11-16/h2-14,21,23,26H,1H3;1-12,19,23H. The van der Waals surface area contributed by atoms with Gasteiger partial charge in [0.2, 0.25) is 6.41 Å². The summed E-state index contributed by atoms with van der Waals surface area (Å²) in [5, 5.41) is 17.6. The average Bonchev–Trinajstić information content (AvgIpc) is 3.14. The number of halogens is 3. The molecule has 0 radical (unpaired) electrons. The van der Waals surface area contributed by atoms with Gasteiger partial charge in [-0.05, 0) is 103 Å². The van der Waals surface area contributed by atoms with Gasteiger partial charge in [-0.2, -0.15) is 0 Å². The van der Waals surface area contributed by atoms with E-state index >= 15 is 0 Å². The molecule has 7 rings (SSSR count). The number of aryl methyl sites for hydroxylation is 1. The molecule has 7 nitrogen and oxygen atoms in total. The Morgan fingerprint density at radius 3 is 2.16 bits per heavy atom. The number of hydrogen-bond donors (Lipinski definition) is 3. The summed E-state index contributed by atoms with van der Waals surface area (Å²) < 4.78 is 26.6. The molecule has 6 aromatic rings. The van der Waals surface area contributed by atoms with Crippen LogP contribution in [0.3, 0.4) is 0 Å². The van der Waals surface area contributed by atoms with Gasteiger partial charge in [-0.1, -0.05) is 72.3 Å². The number of phenolic OH excluding ortho intramolecular Hbond substituents is 1. The summed E-state index contributed by atoms with van der Waals surface area (Å²) in [5.74, 6) is -0.815. The molecule has 0 aliphatic carbocycles. The second-order valence-corrected chi connectivity index (χ2v) is 12.1. The molecule has 0 fully saturated rings. The number of carbonyl (C=O) groups excluding carboxylic acids is 2. The summed E-state index contributed by atoms with van der Waals surface area (Å²) in [6, 6.07) is 40.7. The van der Waals surface area contributed by atoms with Crippen LogP contribution in [-0.2, 0) is 4.79 Å². The highest BCUT2D eigenvalue weighted by Crippen LogP contribution is 2.37. The van der Waals surface area contributed by atoms with E-state index in [2.05, 4.69) is 10.6 Å². The maximum Gasteiger partial charge on any atom is 0.262 e. The highest BCUT2D eigenvalue weighted by Gasteiger charge is 2.34. The van der Waals surface area contributed by atoms with E-state index in [0.29, 0.717) is 33.9 Å². The lowest BCUT2D eigenvalue weighted by molar-refractivity contribution is -0.107. The van der Waals surface area contributed by atoms with Crippen molar-refractivity contribution in [1.29, 1.82) is 0 Å². The van der Waals surface area contributed by atoms with E-state index in [4.69, 9.17) is 11.6 Å². The molecule has 2 atom stereocenters. The number of carbonyl (C=O) groups is 2. The molecule has 1 heterocycles. The number of fused-ring (bicyclic) bond motifs is 1. The molecule has 256 valence electrons. The van der Waals surface area contributed by atoms with Crippen LogP contribution in [0.4, 0.5) is 31.5 Å². The molecule has 2 amide bonds. The summed E-state index contributed by atoms with van der Waals surface area (Å²) in [6.07, 6.45) is -0.442. The second-order valence-electron chi connectivity index (χ2n) is 11.7. The van der Waals surface area contributed by atoms with E-state index in [-0.39, 0.29) is 23.3 Å². The molecule has 3 N–H and O–H groups in total. The van der Waals surface area contributed by atoms with Crippen molar-refractivity contribution in [3.63, 3.8) is 0 Å². The van der Waals surface area contributed by atoms with Gasteiger partial charge >= 0.3 is 0 Å². The average molecular weight is 703 g/mol. The minimum atomic E-state index is -0.666. The van der Waals surface area contributed by atoms with Crippen molar-refractivity contribution >= 4 is 46.7 Å². The van der Waals surface area contributed by atoms with Crippen molar-refractivity contribution in [2.45, 2.75) is 19.3 Å². The van der Waals surface area contributed by atoms with Crippen LogP contribution in [0.5, 0.6) is 5.75 Å².